The summed E-state index contributed by atoms with van der Waals surface area (Å²) >= 11 is 0. The van der Waals surface area contributed by atoms with Gasteiger partial charge in [-0.2, -0.15) is 0 Å². The highest BCUT2D eigenvalue weighted by molar-refractivity contribution is 5.34. The Hall–Kier alpha value is -1.24. The van der Waals surface area contributed by atoms with Crippen LogP contribution in [0.15, 0.2) is 9.98 Å². The largest absolute Gasteiger partial charge is 0.235 e. The molecule has 1 aliphatic rings. The topological polar surface area (TPSA) is 58.9 Å². The summed E-state index contributed by atoms with van der Waals surface area (Å²) in [4.78, 5) is 28.0. The Labute approximate surface area is 122 Å². The van der Waals surface area contributed by atoms with E-state index in [1.807, 2.05) is 0 Å². The fourth-order valence-corrected chi connectivity index (χ4v) is 3.09. The van der Waals surface area contributed by atoms with Gasteiger partial charge in [0.05, 0.1) is 12.6 Å². The van der Waals surface area contributed by atoms with Crippen molar-refractivity contribution in [2.24, 2.45) is 20.8 Å². The molecule has 0 N–H and O–H groups in total. The van der Waals surface area contributed by atoms with Gasteiger partial charge >= 0.3 is 0 Å². The highest BCUT2D eigenvalue weighted by Gasteiger charge is 2.41. The third-order valence-electron chi connectivity index (χ3n) is 3.68. The van der Waals surface area contributed by atoms with E-state index < -0.39 is 0 Å². The lowest BCUT2D eigenvalue weighted by molar-refractivity contribution is 0.0915. The molecule has 0 aromatic rings. The van der Waals surface area contributed by atoms with E-state index in [0.717, 1.165) is 19.3 Å². The van der Waals surface area contributed by atoms with Crippen LogP contribution in [0.2, 0.25) is 0 Å². The van der Waals surface area contributed by atoms with Crippen molar-refractivity contribution in [2.45, 2.75) is 72.8 Å². The standard InChI is InChI=1S/C12H18N2O2.C4H10/c1-11(2)4-10(14-9-16)5-12(3,6-11)7-13-8-15;1-3-4-2/h10H,4-7H2,1-3H3;3-4H2,1-2H3. The normalized spacial score (nSPS) is 27.4. The molecule has 0 spiro atoms. The number of hydrogen-bond donors (Lipinski definition) is 0. The van der Waals surface area contributed by atoms with E-state index in [9.17, 15) is 9.59 Å². The van der Waals surface area contributed by atoms with Crippen molar-refractivity contribution in [3.05, 3.63) is 0 Å². The number of isocyanates is 2. The molecule has 1 rings (SSSR count). The molecule has 0 amide bonds. The second-order valence-electron chi connectivity index (χ2n) is 6.84. The van der Waals surface area contributed by atoms with Crippen LogP contribution in [-0.4, -0.2) is 24.7 Å². The zero-order valence-electron chi connectivity index (χ0n) is 13.5. The van der Waals surface area contributed by atoms with Crippen molar-refractivity contribution in [2.75, 3.05) is 6.54 Å². The van der Waals surface area contributed by atoms with Crippen LogP contribution in [0.4, 0.5) is 0 Å². The van der Waals surface area contributed by atoms with Crippen molar-refractivity contribution < 1.29 is 9.59 Å². The van der Waals surface area contributed by atoms with Gasteiger partial charge in [0.1, 0.15) is 0 Å². The molecule has 114 valence electrons. The van der Waals surface area contributed by atoms with Gasteiger partial charge in [0.2, 0.25) is 12.2 Å². The van der Waals surface area contributed by atoms with E-state index in [1.165, 1.54) is 12.8 Å². The Morgan fingerprint density at radius 3 is 2.10 bits per heavy atom. The molecule has 0 aromatic carbocycles. The first-order valence-corrected chi connectivity index (χ1v) is 7.43. The van der Waals surface area contributed by atoms with Gasteiger partial charge in [-0.15, -0.1) is 0 Å². The van der Waals surface area contributed by atoms with Crippen molar-refractivity contribution in [3.63, 3.8) is 0 Å². The van der Waals surface area contributed by atoms with Crippen LogP contribution < -0.4 is 0 Å². The number of nitrogens with zero attached hydrogens (tertiary/aromatic N) is 2. The Morgan fingerprint density at radius 2 is 1.65 bits per heavy atom. The van der Waals surface area contributed by atoms with Gasteiger partial charge in [0, 0.05) is 0 Å². The van der Waals surface area contributed by atoms with Gasteiger partial charge in [-0.05, 0) is 30.1 Å². The summed E-state index contributed by atoms with van der Waals surface area (Å²) in [5.41, 5.74) is 0.0561. The second kappa shape index (κ2) is 8.84. The van der Waals surface area contributed by atoms with Gasteiger partial charge in [-0.3, -0.25) is 0 Å². The molecule has 0 bridgehead atoms. The summed E-state index contributed by atoms with van der Waals surface area (Å²) in [7, 11) is 0. The lowest BCUT2D eigenvalue weighted by Gasteiger charge is -2.44. The molecule has 0 radical (unpaired) electrons. The lowest BCUT2D eigenvalue weighted by Crippen LogP contribution is -2.39. The number of aliphatic imine (C=N–C) groups is 2. The maximum Gasteiger partial charge on any atom is 0.235 e. The zero-order chi connectivity index (χ0) is 15.6. The van der Waals surface area contributed by atoms with Crippen molar-refractivity contribution in [3.8, 4) is 0 Å². The molecule has 0 saturated heterocycles. The molecule has 20 heavy (non-hydrogen) atoms. The van der Waals surface area contributed by atoms with E-state index >= 15 is 0 Å². The maximum absolute atomic E-state index is 10.3. The van der Waals surface area contributed by atoms with Crippen LogP contribution in [-0.2, 0) is 9.59 Å². The van der Waals surface area contributed by atoms with Crippen LogP contribution in [0.5, 0.6) is 0 Å². The molecule has 2 atom stereocenters. The number of hydrogen-bond acceptors (Lipinski definition) is 4. The quantitative estimate of drug-likeness (QED) is 0.576. The van der Waals surface area contributed by atoms with Gasteiger partial charge in [-0.25, -0.2) is 19.6 Å². The summed E-state index contributed by atoms with van der Waals surface area (Å²) in [5, 5.41) is 0. The first-order valence-electron chi connectivity index (χ1n) is 7.43. The first-order chi connectivity index (χ1) is 9.32. The molecule has 0 aromatic heterocycles. The summed E-state index contributed by atoms with van der Waals surface area (Å²) in [6.45, 7) is 11.2. The third kappa shape index (κ3) is 7.37. The van der Waals surface area contributed by atoms with Crippen LogP contribution in [0.25, 0.3) is 0 Å². The van der Waals surface area contributed by atoms with Crippen molar-refractivity contribution in [1.29, 1.82) is 0 Å². The second-order valence-corrected chi connectivity index (χ2v) is 6.84. The summed E-state index contributed by atoms with van der Waals surface area (Å²) in [6, 6.07) is 0.00750. The lowest BCUT2D eigenvalue weighted by atomic mass is 9.63. The average Bonchev–Trinajstić information content (AvgIpc) is 2.35. The average molecular weight is 280 g/mol. The van der Waals surface area contributed by atoms with Crippen LogP contribution in [0.3, 0.4) is 0 Å². The van der Waals surface area contributed by atoms with E-state index in [-0.39, 0.29) is 16.9 Å². The first kappa shape index (κ1) is 18.8. The van der Waals surface area contributed by atoms with E-state index in [2.05, 4.69) is 44.6 Å². The molecule has 0 heterocycles. The van der Waals surface area contributed by atoms with E-state index in [4.69, 9.17) is 0 Å². The predicted octanol–water partition coefficient (Wildman–Crippen LogP) is 4.05. The van der Waals surface area contributed by atoms with Crippen LogP contribution in [0, 0.1) is 10.8 Å². The smallest absolute Gasteiger partial charge is 0.211 e. The van der Waals surface area contributed by atoms with Gasteiger partial charge < -0.3 is 0 Å². The fraction of sp³-hybridized carbons (Fsp3) is 0.875. The fourth-order valence-electron chi connectivity index (χ4n) is 3.09. The predicted molar refractivity (Wildman–Crippen MR) is 81.2 cm³/mol. The zero-order valence-corrected chi connectivity index (χ0v) is 13.5. The van der Waals surface area contributed by atoms with Gasteiger partial charge in [0.25, 0.3) is 0 Å². The summed E-state index contributed by atoms with van der Waals surface area (Å²) in [5.74, 6) is 0. The summed E-state index contributed by atoms with van der Waals surface area (Å²) in [6.07, 6.45) is 8.52. The van der Waals surface area contributed by atoms with Gasteiger partial charge in [0.15, 0.2) is 0 Å². The van der Waals surface area contributed by atoms with Crippen LogP contribution in [0.1, 0.15) is 66.7 Å². The minimum absolute atomic E-state index is 0.00750. The Bertz CT molecular complexity index is 378. The number of unbranched alkanes of at least 4 members (excludes halogenated alkanes) is 1. The maximum atomic E-state index is 10.3. The molecule has 4 nitrogen and oxygen atoms in total. The van der Waals surface area contributed by atoms with Gasteiger partial charge in [-0.1, -0.05) is 47.5 Å². The molecule has 0 aliphatic heterocycles. The Balaban J connectivity index is 0.000000796. The van der Waals surface area contributed by atoms with Crippen LogP contribution >= 0.6 is 0 Å². The minimum atomic E-state index is -0.0653. The third-order valence-corrected chi connectivity index (χ3v) is 3.68. The molecule has 4 heteroatoms. The molecule has 2 unspecified atom stereocenters. The molecule has 1 saturated carbocycles. The Kier molecular flexibility index (Phi) is 8.29. The molecular formula is C16H28N2O2. The van der Waals surface area contributed by atoms with Crippen molar-refractivity contribution in [1.82, 2.24) is 0 Å². The highest BCUT2D eigenvalue weighted by atomic mass is 16.1. The molecule has 1 fully saturated rings. The van der Waals surface area contributed by atoms with E-state index in [1.54, 1.807) is 12.2 Å². The SMILES string of the molecule is CC1(C)CC(N=C=O)CC(C)(CN=C=O)C1.CCCC. The molecule has 1 aliphatic carbocycles. The van der Waals surface area contributed by atoms with E-state index in [0.29, 0.717) is 6.54 Å². The van der Waals surface area contributed by atoms with Crippen molar-refractivity contribution >= 4 is 12.2 Å². The molecular weight excluding hydrogens is 252 g/mol. The minimum Gasteiger partial charge on any atom is -0.211 e. The monoisotopic (exact) mass is 280 g/mol. The number of carbonyl (C=O) groups excluding carboxylic acids is 2. The summed E-state index contributed by atoms with van der Waals surface area (Å²) < 4.78 is 0. The Morgan fingerprint density at radius 1 is 1.05 bits per heavy atom. The highest BCUT2D eigenvalue weighted by Crippen LogP contribution is 2.47. The number of rotatable bonds is 4.